The molecule has 0 aliphatic rings. The highest BCUT2D eigenvalue weighted by molar-refractivity contribution is 6.08. The summed E-state index contributed by atoms with van der Waals surface area (Å²) in [4.78, 5) is 14.2. The Kier molecular flexibility index (Phi) is 3.79. The van der Waals surface area contributed by atoms with Crippen molar-refractivity contribution in [2.45, 2.75) is 27.3 Å². The molecule has 1 amide bonds. The lowest BCUT2D eigenvalue weighted by Crippen LogP contribution is -2.30. The van der Waals surface area contributed by atoms with E-state index < -0.39 is 0 Å². The van der Waals surface area contributed by atoms with Crippen LogP contribution in [-0.2, 0) is 6.54 Å². The molecule has 1 aromatic heterocycles. The first kappa shape index (κ1) is 14.1. The van der Waals surface area contributed by atoms with Gasteiger partial charge in [0.15, 0.2) is 0 Å². The smallest absolute Gasteiger partial charge is 0.278 e. The molecule has 0 bridgehead atoms. The zero-order valence-electron chi connectivity index (χ0n) is 12.3. The number of nitrogens with two attached hydrogens (primary N) is 1. The van der Waals surface area contributed by atoms with Gasteiger partial charge in [-0.1, -0.05) is 17.7 Å². The highest BCUT2D eigenvalue weighted by atomic mass is 16.2. The number of amides is 1. The quantitative estimate of drug-likeness (QED) is 0.933. The molecule has 0 unspecified atom stereocenters. The highest BCUT2D eigenvalue weighted by Crippen LogP contribution is 2.23. The summed E-state index contributed by atoms with van der Waals surface area (Å²) < 4.78 is 1.62. The van der Waals surface area contributed by atoms with Gasteiger partial charge in [-0.15, -0.1) is 0 Å². The Bertz CT molecular complexity index is 645. The van der Waals surface area contributed by atoms with E-state index in [9.17, 15) is 4.79 Å². The van der Waals surface area contributed by atoms with Crippen LogP contribution in [0.5, 0.6) is 0 Å². The minimum atomic E-state index is -0.145. The number of nitrogens with zero attached hydrogens (tertiary/aromatic N) is 3. The van der Waals surface area contributed by atoms with E-state index in [-0.39, 0.29) is 5.91 Å². The Labute approximate surface area is 119 Å². The number of hydrogen-bond acceptors (Lipinski definition) is 3. The molecule has 106 valence electrons. The number of rotatable bonds is 3. The van der Waals surface area contributed by atoms with Crippen molar-refractivity contribution in [3.63, 3.8) is 0 Å². The molecule has 0 atom stereocenters. The van der Waals surface area contributed by atoms with E-state index in [1.54, 1.807) is 16.6 Å². The van der Waals surface area contributed by atoms with E-state index in [2.05, 4.69) is 11.2 Å². The first-order valence-electron chi connectivity index (χ1n) is 6.62. The molecule has 0 aliphatic carbocycles. The fraction of sp³-hybridized carbons (Fsp3) is 0.333. The number of aryl methyl sites for hydroxylation is 3. The van der Waals surface area contributed by atoms with Crippen LogP contribution < -0.4 is 10.6 Å². The largest absolute Gasteiger partial charge is 0.396 e. The maximum absolute atomic E-state index is 12.6. The summed E-state index contributed by atoms with van der Waals surface area (Å²) in [5.74, 6) is -0.145. The average Bonchev–Trinajstić information content (AvgIpc) is 2.78. The molecule has 0 radical (unpaired) electrons. The van der Waals surface area contributed by atoms with E-state index in [0.29, 0.717) is 17.9 Å². The molecule has 0 saturated heterocycles. The Balaban J connectivity index is 2.40. The molecule has 2 N–H and O–H groups in total. The Morgan fingerprint density at radius 2 is 2.10 bits per heavy atom. The lowest BCUT2D eigenvalue weighted by Gasteiger charge is -2.20. The normalized spacial score (nSPS) is 10.6. The molecule has 5 nitrogen and oxygen atoms in total. The van der Waals surface area contributed by atoms with E-state index >= 15 is 0 Å². The van der Waals surface area contributed by atoms with Gasteiger partial charge in [-0.2, -0.15) is 5.10 Å². The van der Waals surface area contributed by atoms with Crippen molar-refractivity contribution >= 4 is 17.3 Å². The second kappa shape index (κ2) is 5.36. The lowest BCUT2D eigenvalue weighted by molar-refractivity contribution is 0.0983. The standard InChI is InChI=1S/C15H20N4O/c1-5-19-14(12(16)9-17-19)15(20)18(4)13-7-6-10(2)8-11(13)3/h6-9H,5,16H2,1-4H3. The number of benzene rings is 1. The van der Waals surface area contributed by atoms with Crippen LogP contribution in [-0.4, -0.2) is 22.7 Å². The average molecular weight is 272 g/mol. The van der Waals surface area contributed by atoms with E-state index in [0.717, 1.165) is 11.3 Å². The van der Waals surface area contributed by atoms with Crippen LogP contribution in [0.2, 0.25) is 0 Å². The molecule has 2 aromatic rings. The topological polar surface area (TPSA) is 64.2 Å². The summed E-state index contributed by atoms with van der Waals surface area (Å²) in [6.07, 6.45) is 1.52. The summed E-state index contributed by atoms with van der Waals surface area (Å²) in [6, 6.07) is 6.00. The number of aromatic nitrogens is 2. The van der Waals surface area contributed by atoms with Crippen LogP contribution in [0.15, 0.2) is 24.4 Å². The molecule has 0 fully saturated rings. The van der Waals surface area contributed by atoms with Crippen molar-refractivity contribution < 1.29 is 4.79 Å². The van der Waals surface area contributed by atoms with Gasteiger partial charge in [0.05, 0.1) is 11.9 Å². The van der Waals surface area contributed by atoms with Crippen LogP contribution in [0.1, 0.15) is 28.5 Å². The molecule has 0 spiro atoms. The van der Waals surface area contributed by atoms with Gasteiger partial charge >= 0.3 is 0 Å². The van der Waals surface area contributed by atoms with Crippen LogP contribution in [0.4, 0.5) is 11.4 Å². The fourth-order valence-corrected chi connectivity index (χ4v) is 2.32. The monoisotopic (exact) mass is 272 g/mol. The predicted octanol–water partition coefficient (Wildman–Crippen LogP) is 2.38. The van der Waals surface area contributed by atoms with Gasteiger partial charge in [0.2, 0.25) is 0 Å². The molecule has 20 heavy (non-hydrogen) atoms. The fourth-order valence-electron chi connectivity index (χ4n) is 2.32. The minimum Gasteiger partial charge on any atom is -0.396 e. The molecule has 1 aromatic carbocycles. The molecule has 1 heterocycles. The Hall–Kier alpha value is -2.30. The number of nitrogen functional groups attached to an aromatic ring is 1. The maximum Gasteiger partial charge on any atom is 0.278 e. The number of carbonyl (C=O) groups excluding carboxylic acids is 1. The van der Waals surface area contributed by atoms with Gasteiger partial charge in [0, 0.05) is 19.3 Å². The van der Waals surface area contributed by atoms with Crippen molar-refractivity contribution in [1.82, 2.24) is 9.78 Å². The second-order valence-corrected chi connectivity index (χ2v) is 4.92. The first-order valence-corrected chi connectivity index (χ1v) is 6.62. The summed E-state index contributed by atoms with van der Waals surface area (Å²) in [5.41, 5.74) is 9.82. The highest BCUT2D eigenvalue weighted by Gasteiger charge is 2.21. The molecular formula is C15H20N4O. The summed E-state index contributed by atoms with van der Waals surface area (Å²) in [5, 5.41) is 4.11. The van der Waals surface area contributed by atoms with Gasteiger partial charge in [0.25, 0.3) is 5.91 Å². The number of hydrogen-bond donors (Lipinski definition) is 1. The molecule has 0 saturated carbocycles. The van der Waals surface area contributed by atoms with E-state index in [1.807, 2.05) is 32.9 Å². The molecule has 2 rings (SSSR count). The van der Waals surface area contributed by atoms with Crippen molar-refractivity contribution in [3.05, 3.63) is 41.2 Å². The minimum absolute atomic E-state index is 0.145. The zero-order chi connectivity index (χ0) is 14.9. The number of anilines is 2. The van der Waals surface area contributed by atoms with Gasteiger partial charge in [-0.25, -0.2) is 0 Å². The Morgan fingerprint density at radius 1 is 1.40 bits per heavy atom. The van der Waals surface area contributed by atoms with Gasteiger partial charge in [-0.3, -0.25) is 9.48 Å². The third kappa shape index (κ3) is 2.39. The van der Waals surface area contributed by atoms with Crippen LogP contribution in [0, 0.1) is 13.8 Å². The first-order chi connectivity index (χ1) is 9.45. The van der Waals surface area contributed by atoms with E-state index in [1.165, 1.54) is 11.8 Å². The Morgan fingerprint density at radius 3 is 2.70 bits per heavy atom. The van der Waals surface area contributed by atoms with Gasteiger partial charge < -0.3 is 10.6 Å². The van der Waals surface area contributed by atoms with Gasteiger partial charge in [-0.05, 0) is 32.4 Å². The summed E-state index contributed by atoms with van der Waals surface area (Å²) in [6.45, 7) is 6.56. The van der Waals surface area contributed by atoms with Crippen LogP contribution in [0.3, 0.4) is 0 Å². The maximum atomic E-state index is 12.6. The summed E-state index contributed by atoms with van der Waals surface area (Å²) >= 11 is 0. The SMILES string of the molecule is CCn1ncc(N)c1C(=O)N(C)c1ccc(C)cc1C. The van der Waals surface area contributed by atoms with Crippen LogP contribution >= 0.6 is 0 Å². The molecule has 0 aliphatic heterocycles. The predicted molar refractivity (Wildman–Crippen MR) is 81.0 cm³/mol. The van der Waals surface area contributed by atoms with E-state index in [4.69, 9.17) is 5.73 Å². The van der Waals surface area contributed by atoms with Gasteiger partial charge in [0.1, 0.15) is 5.69 Å². The van der Waals surface area contributed by atoms with Crippen molar-refractivity contribution in [2.24, 2.45) is 0 Å². The van der Waals surface area contributed by atoms with Crippen molar-refractivity contribution in [2.75, 3.05) is 17.7 Å². The molecular weight excluding hydrogens is 252 g/mol. The molecule has 5 heteroatoms. The number of carbonyl (C=O) groups is 1. The lowest BCUT2D eigenvalue weighted by atomic mass is 10.1. The summed E-state index contributed by atoms with van der Waals surface area (Å²) in [7, 11) is 1.76. The van der Waals surface area contributed by atoms with Crippen LogP contribution in [0.25, 0.3) is 0 Å². The van der Waals surface area contributed by atoms with Crippen molar-refractivity contribution in [3.8, 4) is 0 Å². The third-order valence-corrected chi connectivity index (χ3v) is 3.39. The zero-order valence-corrected chi connectivity index (χ0v) is 12.3. The second-order valence-electron chi connectivity index (χ2n) is 4.92. The van der Waals surface area contributed by atoms with Crippen molar-refractivity contribution in [1.29, 1.82) is 0 Å². The third-order valence-electron chi connectivity index (χ3n) is 3.39.